The molecule has 1 aliphatic rings. The summed E-state index contributed by atoms with van der Waals surface area (Å²) < 4.78 is 0. The fraction of sp³-hybridized carbons (Fsp3) is 0.846. The van der Waals surface area contributed by atoms with Crippen LogP contribution in [-0.4, -0.2) is 53.4 Å². The smallest absolute Gasteiger partial charge is 0.232 e. The zero-order valence-corrected chi connectivity index (χ0v) is 12.3. The molecule has 1 heterocycles. The first-order chi connectivity index (χ1) is 8.60. The Morgan fingerprint density at radius 1 is 1.22 bits per heavy atom. The number of piperazine rings is 1. The van der Waals surface area contributed by atoms with E-state index >= 15 is 0 Å². The normalized spacial score (nSPS) is 18.7. The van der Waals surface area contributed by atoms with E-state index in [1.807, 2.05) is 4.90 Å². The minimum atomic E-state index is -0.261. The second-order valence-electron chi connectivity index (χ2n) is 4.91. The number of carbonyl (C=O) groups is 1. The fourth-order valence-electron chi connectivity index (χ4n) is 2.40. The molecule has 1 rings (SSSR count). The average molecular weight is 271 g/mol. The van der Waals surface area contributed by atoms with E-state index in [9.17, 15) is 4.79 Å². The Labute approximate surface area is 115 Å². The van der Waals surface area contributed by atoms with E-state index in [0.717, 1.165) is 45.6 Å². The van der Waals surface area contributed by atoms with Gasteiger partial charge in [0.15, 0.2) is 0 Å². The topological polar surface area (TPSA) is 49.6 Å². The Morgan fingerprint density at radius 2 is 1.83 bits per heavy atom. The van der Waals surface area contributed by atoms with E-state index in [2.05, 4.69) is 18.7 Å². The van der Waals surface area contributed by atoms with Gasteiger partial charge in [0.25, 0.3) is 0 Å². The molecule has 0 aromatic heterocycles. The third kappa shape index (κ3) is 4.21. The number of nitrogens with two attached hydrogens (primary N) is 1. The van der Waals surface area contributed by atoms with Crippen molar-refractivity contribution in [2.45, 2.75) is 33.1 Å². The monoisotopic (exact) mass is 271 g/mol. The molecule has 104 valence electrons. The lowest BCUT2D eigenvalue weighted by molar-refractivity contribution is -0.135. The van der Waals surface area contributed by atoms with Gasteiger partial charge in [-0.15, -0.1) is 0 Å². The van der Waals surface area contributed by atoms with Crippen molar-refractivity contribution < 1.29 is 4.79 Å². The van der Waals surface area contributed by atoms with Crippen LogP contribution in [0.1, 0.15) is 33.1 Å². The standard InChI is InChI=1S/C13H25N3OS/c1-3-5-11(12(14)18)13(17)16-9-7-15(6-4-2)8-10-16/h11H,3-10H2,1-2H3,(H2,14,18). The second kappa shape index (κ2) is 7.69. The van der Waals surface area contributed by atoms with Gasteiger partial charge in [-0.2, -0.15) is 0 Å². The van der Waals surface area contributed by atoms with Crippen LogP contribution in [-0.2, 0) is 4.79 Å². The van der Waals surface area contributed by atoms with Crippen LogP contribution in [0.25, 0.3) is 0 Å². The summed E-state index contributed by atoms with van der Waals surface area (Å²) in [5.74, 6) is -0.136. The molecule has 18 heavy (non-hydrogen) atoms. The van der Waals surface area contributed by atoms with E-state index in [1.165, 1.54) is 6.42 Å². The Bertz CT molecular complexity index is 288. The molecule has 0 radical (unpaired) electrons. The van der Waals surface area contributed by atoms with Crippen molar-refractivity contribution in [1.82, 2.24) is 9.80 Å². The van der Waals surface area contributed by atoms with Crippen molar-refractivity contribution >= 4 is 23.1 Å². The van der Waals surface area contributed by atoms with Crippen molar-refractivity contribution in [2.24, 2.45) is 11.7 Å². The number of rotatable bonds is 6. The molecule has 0 aromatic rings. The van der Waals surface area contributed by atoms with Crippen LogP contribution < -0.4 is 5.73 Å². The average Bonchev–Trinajstić information content (AvgIpc) is 2.36. The molecular weight excluding hydrogens is 246 g/mol. The summed E-state index contributed by atoms with van der Waals surface area (Å²) in [6.45, 7) is 8.91. The van der Waals surface area contributed by atoms with Crippen LogP contribution in [0, 0.1) is 5.92 Å². The Kier molecular flexibility index (Phi) is 6.57. The molecule has 1 amide bonds. The molecule has 1 atom stereocenters. The van der Waals surface area contributed by atoms with Crippen LogP contribution in [0.2, 0.25) is 0 Å². The molecule has 2 N–H and O–H groups in total. The summed E-state index contributed by atoms with van der Waals surface area (Å²) in [4.78, 5) is 17.0. The van der Waals surface area contributed by atoms with E-state index in [4.69, 9.17) is 18.0 Å². The number of thiocarbonyl (C=S) groups is 1. The molecule has 0 bridgehead atoms. The molecule has 1 saturated heterocycles. The highest BCUT2D eigenvalue weighted by Crippen LogP contribution is 2.13. The summed E-state index contributed by atoms with van der Waals surface area (Å²) >= 11 is 5.01. The van der Waals surface area contributed by atoms with Gasteiger partial charge in [-0.1, -0.05) is 32.5 Å². The lowest BCUT2D eigenvalue weighted by atomic mass is 10.0. The Hall–Kier alpha value is -0.680. The quantitative estimate of drug-likeness (QED) is 0.739. The van der Waals surface area contributed by atoms with Gasteiger partial charge >= 0.3 is 0 Å². The molecule has 1 fully saturated rings. The third-order valence-electron chi connectivity index (χ3n) is 3.44. The minimum Gasteiger partial charge on any atom is -0.393 e. The van der Waals surface area contributed by atoms with Gasteiger partial charge in [-0.3, -0.25) is 9.69 Å². The number of hydrogen-bond acceptors (Lipinski definition) is 3. The molecule has 0 aromatic carbocycles. The molecule has 0 spiro atoms. The molecule has 4 nitrogen and oxygen atoms in total. The van der Waals surface area contributed by atoms with Gasteiger partial charge in [-0.25, -0.2) is 0 Å². The fourth-order valence-corrected chi connectivity index (χ4v) is 2.62. The van der Waals surface area contributed by atoms with E-state index < -0.39 is 0 Å². The molecule has 5 heteroatoms. The lowest BCUT2D eigenvalue weighted by Gasteiger charge is -2.36. The van der Waals surface area contributed by atoms with E-state index in [1.54, 1.807) is 0 Å². The van der Waals surface area contributed by atoms with Gasteiger partial charge in [0.05, 0.1) is 10.9 Å². The maximum Gasteiger partial charge on any atom is 0.232 e. The number of hydrogen-bond donors (Lipinski definition) is 1. The molecule has 0 aliphatic carbocycles. The summed E-state index contributed by atoms with van der Waals surface area (Å²) in [6, 6.07) is 0. The maximum atomic E-state index is 12.3. The van der Waals surface area contributed by atoms with Crippen molar-refractivity contribution in [3.8, 4) is 0 Å². The van der Waals surface area contributed by atoms with Crippen LogP contribution in [0.3, 0.4) is 0 Å². The molecule has 1 unspecified atom stereocenters. The van der Waals surface area contributed by atoms with Crippen LogP contribution in [0.4, 0.5) is 0 Å². The predicted octanol–water partition coefficient (Wildman–Crippen LogP) is 1.24. The highest BCUT2D eigenvalue weighted by atomic mass is 32.1. The summed E-state index contributed by atoms with van der Waals surface area (Å²) in [5.41, 5.74) is 5.68. The number of nitrogens with zero attached hydrogens (tertiary/aromatic N) is 2. The first-order valence-corrected chi connectivity index (χ1v) is 7.31. The first kappa shape index (κ1) is 15.4. The Morgan fingerprint density at radius 3 is 2.28 bits per heavy atom. The highest BCUT2D eigenvalue weighted by molar-refractivity contribution is 7.80. The summed E-state index contributed by atoms with van der Waals surface area (Å²) in [7, 11) is 0. The number of amides is 1. The predicted molar refractivity (Wildman–Crippen MR) is 78.5 cm³/mol. The molecule has 1 aliphatic heterocycles. The van der Waals surface area contributed by atoms with Gasteiger partial charge in [0, 0.05) is 26.2 Å². The van der Waals surface area contributed by atoms with Gasteiger partial charge < -0.3 is 10.6 Å². The minimum absolute atomic E-state index is 0.125. The molecular formula is C13H25N3OS. The van der Waals surface area contributed by atoms with Crippen molar-refractivity contribution in [3.05, 3.63) is 0 Å². The van der Waals surface area contributed by atoms with Gasteiger partial charge in [0.2, 0.25) is 5.91 Å². The van der Waals surface area contributed by atoms with Crippen LogP contribution in [0.15, 0.2) is 0 Å². The largest absolute Gasteiger partial charge is 0.393 e. The molecule has 0 saturated carbocycles. The van der Waals surface area contributed by atoms with Gasteiger partial charge in [-0.05, 0) is 19.4 Å². The van der Waals surface area contributed by atoms with E-state index in [0.29, 0.717) is 4.99 Å². The van der Waals surface area contributed by atoms with Crippen LogP contribution >= 0.6 is 12.2 Å². The van der Waals surface area contributed by atoms with E-state index in [-0.39, 0.29) is 11.8 Å². The Balaban J connectivity index is 2.50. The summed E-state index contributed by atoms with van der Waals surface area (Å²) in [6.07, 6.45) is 2.87. The summed E-state index contributed by atoms with van der Waals surface area (Å²) in [5, 5.41) is 0. The number of carbonyl (C=O) groups excluding carboxylic acids is 1. The lowest BCUT2D eigenvalue weighted by Crippen LogP contribution is -2.51. The van der Waals surface area contributed by atoms with Gasteiger partial charge in [0.1, 0.15) is 0 Å². The third-order valence-corrected chi connectivity index (χ3v) is 3.73. The van der Waals surface area contributed by atoms with Crippen molar-refractivity contribution in [1.29, 1.82) is 0 Å². The zero-order valence-electron chi connectivity index (χ0n) is 11.5. The highest BCUT2D eigenvalue weighted by Gasteiger charge is 2.28. The first-order valence-electron chi connectivity index (χ1n) is 6.90. The van der Waals surface area contributed by atoms with Crippen molar-refractivity contribution in [2.75, 3.05) is 32.7 Å². The van der Waals surface area contributed by atoms with Crippen LogP contribution in [0.5, 0.6) is 0 Å². The SMILES string of the molecule is CCCC(C(=O)N1CCN(CCC)CC1)C(N)=S. The van der Waals surface area contributed by atoms with Crippen molar-refractivity contribution in [3.63, 3.8) is 0 Å². The second-order valence-corrected chi connectivity index (χ2v) is 5.38. The maximum absolute atomic E-state index is 12.3. The zero-order chi connectivity index (χ0) is 13.5.